The van der Waals surface area contributed by atoms with Crippen molar-refractivity contribution in [3.05, 3.63) is 46.7 Å². The van der Waals surface area contributed by atoms with Crippen LogP contribution in [-0.4, -0.2) is 34.7 Å². The first-order valence-electron chi connectivity index (χ1n) is 6.64. The van der Waals surface area contributed by atoms with E-state index in [9.17, 15) is 4.79 Å². The second kappa shape index (κ2) is 6.18. The van der Waals surface area contributed by atoms with Crippen molar-refractivity contribution in [3.8, 4) is 0 Å². The van der Waals surface area contributed by atoms with Crippen molar-refractivity contribution in [1.29, 1.82) is 0 Å². The number of nitrogens with one attached hydrogen (secondary N) is 1. The molecule has 0 aliphatic heterocycles. The molecular formula is C15H19ClN4O. The molecule has 2 aromatic rings. The fourth-order valence-corrected chi connectivity index (χ4v) is 2.22. The van der Waals surface area contributed by atoms with Crippen LogP contribution in [0.15, 0.2) is 30.6 Å². The van der Waals surface area contributed by atoms with Crippen LogP contribution >= 0.6 is 11.6 Å². The molecule has 0 saturated carbocycles. The quantitative estimate of drug-likeness (QED) is 0.945. The molecule has 1 heterocycles. The summed E-state index contributed by atoms with van der Waals surface area (Å²) < 4.78 is 1.75. The van der Waals surface area contributed by atoms with Gasteiger partial charge in [0.2, 0.25) is 0 Å². The van der Waals surface area contributed by atoms with E-state index in [1.165, 1.54) is 0 Å². The van der Waals surface area contributed by atoms with Crippen LogP contribution in [0, 0.1) is 0 Å². The smallest absolute Gasteiger partial charge is 0.255 e. The number of carbonyl (C=O) groups is 1. The Morgan fingerprint density at radius 2 is 2.14 bits per heavy atom. The van der Waals surface area contributed by atoms with Crippen molar-refractivity contribution in [2.75, 3.05) is 19.4 Å². The van der Waals surface area contributed by atoms with E-state index in [-0.39, 0.29) is 11.9 Å². The van der Waals surface area contributed by atoms with Gasteiger partial charge in [-0.05, 0) is 25.1 Å². The highest BCUT2D eigenvalue weighted by atomic mass is 35.5. The van der Waals surface area contributed by atoms with Crippen molar-refractivity contribution in [2.24, 2.45) is 7.05 Å². The van der Waals surface area contributed by atoms with E-state index in [1.54, 1.807) is 48.1 Å². The van der Waals surface area contributed by atoms with Gasteiger partial charge in [-0.15, -0.1) is 0 Å². The van der Waals surface area contributed by atoms with E-state index in [4.69, 9.17) is 11.6 Å². The molecule has 112 valence electrons. The molecule has 5 nitrogen and oxygen atoms in total. The Bertz CT molecular complexity index is 651. The summed E-state index contributed by atoms with van der Waals surface area (Å²) in [5, 5.41) is 8.08. The lowest BCUT2D eigenvalue weighted by Crippen LogP contribution is -2.23. The Labute approximate surface area is 129 Å². The van der Waals surface area contributed by atoms with E-state index in [2.05, 4.69) is 10.4 Å². The summed E-state index contributed by atoms with van der Waals surface area (Å²) in [5.41, 5.74) is 2.36. The number of carbonyl (C=O) groups excluding carboxylic acids is 1. The molecule has 0 spiro atoms. The van der Waals surface area contributed by atoms with Crippen LogP contribution in [0.25, 0.3) is 0 Å². The van der Waals surface area contributed by atoms with E-state index in [0.717, 1.165) is 11.3 Å². The minimum Gasteiger partial charge on any atom is -0.378 e. The number of benzene rings is 1. The number of nitrogens with zero attached hydrogens (tertiary/aromatic N) is 3. The van der Waals surface area contributed by atoms with Gasteiger partial charge in [0.1, 0.15) is 0 Å². The van der Waals surface area contributed by atoms with Gasteiger partial charge in [0, 0.05) is 43.6 Å². The number of hydrogen-bond acceptors (Lipinski definition) is 3. The van der Waals surface area contributed by atoms with E-state index in [1.807, 2.05) is 20.2 Å². The highest BCUT2D eigenvalue weighted by molar-refractivity contribution is 6.31. The van der Waals surface area contributed by atoms with Crippen LogP contribution in [0.5, 0.6) is 0 Å². The van der Waals surface area contributed by atoms with Gasteiger partial charge >= 0.3 is 0 Å². The van der Waals surface area contributed by atoms with Gasteiger partial charge in [-0.2, -0.15) is 5.10 Å². The van der Waals surface area contributed by atoms with Gasteiger partial charge in [0.15, 0.2) is 0 Å². The fourth-order valence-electron chi connectivity index (χ4n) is 2.04. The number of aryl methyl sites for hydroxylation is 1. The average Bonchev–Trinajstić information content (AvgIpc) is 2.85. The van der Waals surface area contributed by atoms with E-state index >= 15 is 0 Å². The average molecular weight is 307 g/mol. The second-order valence-corrected chi connectivity index (χ2v) is 5.64. The van der Waals surface area contributed by atoms with Crippen molar-refractivity contribution in [1.82, 2.24) is 14.7 Å². The maximum absolute atomic E-state index is 12.2. The number of amides is 1. The molecule has 1 atom stereocenters. The summed E-state index contributed by atoms with van der Waals surface area (Å²) in [6, 6.07) is 5.25. The molecule has 0 bridgehead atoms. The number of aromatic nitrogens is 2. The molecule has 0 radical (unpaired) electrons. The SMILES string of the molecule is CC(Nc1cc(Cl)ccc1C(=O)N(C)C)c1cnn(C)c1. The predicted octanol–water partition coefficient (Wildman–Crippen LogP) is 2.95. The first-order chi connectivity index (χ1) is 9.88. The summed E-state index contributed by atoms with van der Waals surface area (Å²) in [7, 11) is 5.33. The van der Waals surface area contributed by atoms with E-state index in [0.29, 0.717) is 10.6 Å². The summed E-state index contributed by atoms with van der Waals surface area (Å²) >= 11 is 6.05. The molecule has 1 aromatic carbocycles. The summed E-state index contributed by atoms with van der Waals surface area (Å²) in [6.07, 6.45) is 3.74. The van der Waals surface area contributed by atoms with Crippen LogP contribution in [0.1, 0.15) is 28.9 Å². The van der Waals surface area contributed by atoms with Crippen molar-refractivity contribution in [3.63, 3.8) is 0 Å². The number of anilines is 1. The summed E-state index contributed by atoms with van der Waals surface area (Å²) in [5.74, 6) is -0.0625. The largest absolute Gasteiger partial charge is 0.378 e. The molecule has 0 saturated heterocycles. The standard InChI is InChI=1S/C15H19ClN4O/c1-10(11-8-17-20(4)9-11)18-14-7-12(16)5-6-13(14)15(21)19(2)3/h5-10,18H,1-4H3. The predicted molar refractivity (Wildman–Crippen MR) is 84.7 cm³/mol. The Kier molecular flexibility index (Phi) is 4.53. The molecule has 21 heavy (non-hydrogen) atoms. The summed E-state index contributed by atoms with van der Waals surface area (Å²) in [4.78, 5) is 13.8. The van der Waals surface area contributed by atoms with Crippen LogP contribution in [0.2, 0.25) is 5.02 Å². The lowest BCUT2D eigenvalue weighted by Gasteiger charge is -2.19. The first-order valence-corrected chi connectivity index (χ1v) is 7.02. The summed E-state index contributed by atoms with van der Waals surface area (Å²) in [6.45, 7) is 2.02. The number of hydrogen-bond donors (Lipinski definition) is 1. The van der Waals surface area contributed by atoms with Gasteiger partial charge in [0.05, 0.1) is 17.8 Å². The normalized spacial score (nSPS) is 12.0. The molecule has 1 unspecified atom stereocenters. The Hall–Kier alpha value is -2.01. The molecule has 0 fully saturated rings. The number of rotatable bonds is 4. The van der Waals surface area contributed by atoms with Crippen LogP contribution < -0.4 is 5.32 Å². The van der Waals surface area contributed by atoms with Crippen LogP contribution in [0.3, 0.4) is 0 Å². The zero-order valence-electron chi connectivity index (χ0n) is 12.6. The topological polar surface area (TPSA) is 50.2 Å². The van der Waals surface area contributed by atoms with Crippen LogP contribution in [-0.2, 0) is 7.05 Å². The fraction of sp³-hybridized carbons (Fsp3) is 0.333. The molecule has 0 aliphatic carbocycles. The molecule has 0 aliphatic rings. The van der Waals surface area contributed by atoms with Gasteiger partial charge in [-0.25, -0.2) is 0 Å². The molecule has 2 rings (SSSR count). The van der Waals surface area contributed by atoms with Crippen molar-refractivity contribution < 1.29 is 4.79 Å². The second-order valence-electron chi connectivity index (χ2n) is 5.20. The third-order valence-corrected chi connectivity index (χ3v) is 3.45. The highest BCUT2D eigenvalue weighted by Crippen LogP contribution is 2.26. The Morgan fingerprint density at radius 1 is 1.43 bits per heavy atom. The molecule has 1 amide bonds. The van der Waals surface area contributed by atoms with Gasteiger partial charge < -0.3 is 10.2 Å². The first kappa shape index (κ1) is 15.4. The minimum absolute atomic E-state index is 0.0193. The maximum Gasteiger partial charge on any atom is 0.255 e. The van der Waals surface area contributed by atoms with Gasteiger partial charge in [-0.3, -0.25) is 9.48 Å². The zero-order valence-corrected chi connectivity index (χ0v) is 13.3. The van der Waals surface area contributed by atoms with Crippen LogP contribution in [0.4, 0.5) is 5.69 Å². The Balaban J connectivity index is 2.30. The number of halogens is 1. The lowest BCUT2D eigenvalue weighted by atomic mass is 10.1. The highest BCUT2D eigenvalue weighted by Gasteiger charge is 2.16. The van der Waals surface area contributed by atoms with Crippen molar-refractivity contribution >= 4 is 23.2 Å². The monoisotopic (exact) mass is 306 g/mol. The maximum atomic E-state index is 12.2. The zero-order chi connectivity index (χ0) is 15.6. The Morgan fingerprint density at radius 3 is 2.71 bits per heavy atom. The molecule has 1 N–H and O–H groups in total. The molecular weight excluding hydrogens is 288 g/mol. The van der Waals surface area contributed by atoms with Gasteiger partial charge in [0.25, 0.3) is 5.91 Å². The molecule has 1 aromatic heterocycles. The molecule has 6 heteroatoms. The van der Waals surface area contributed by atoms with Crippen molar-refractivity contribution in [2.45, 2.75) is 13.0 Å². The third kappa shape index (κ3) is 3.55. The van der Waals surface area contributed by atoms with E-state index < -0.39 is 0 Å². The van der Waals surface area contributed by atoms with Gasteiger partial charge in [-0.1, -0.05) is 11.6 Å². The lowest BCUT2D eigenvalue weighted by molar-refractivity contribution is 0.0828. The third-order valence-electron chi connectivity index (χ3n) is 3.22. The minimum atomic E-state index is -0.0625.